The summed E-state index contributed by atoms with van der Waals surface area (Å²) in [5.74, 6) is 0. The van der Waals surface area contributed by atoms with Crippen LogP contribution in [0.4, 0.5) is 0 Å². The second kappa shape index (κ2) is 5.57. The maximum atomic E-state index is 5.77. The van der Waals surface area contributed by atoms with Crippen molar-refractivity contribution in [3.05, 3.63) is 40.7 Å². The lowest BCUT2D eigenvalue weighted by Crippen LogP contribution is -1.99. The molecule has 0 amide bonds. The van der Waals surface area contributed by atoms with Crippen LogP contribution in [0.25, 0.3) is 11.1 Å². The van der Waals surface area contributed by atoms with Crippen molar-refractivity contribution in [3.63, 3.8) is 0 Å². The molecule has 0 aliphatic rings. The van der Waals surface area contributed by atoms with Gasteiger partial charge in [-0.1, -0.05) is 26.0 Å². The van der Waals surface area contributed by atoms with Crippen LogP contribution >= 0.6 is 0 Å². The highest BCUT2D eigenvalue weighted by Gasteiger charge is 2.17. The van der Waals surface area contributed by atoms with Crippen molar-refractivity contribution in [2.75, 3.05) is 0 Å². The van der Waals surface area contributed by atoms with Crippen molar-refractivity contribution in [1.29, 1.82) is 0 Å². The summed E-state index contributed by atoms with van der Waals surface area (Å²) in [5, 5.41) is 4.66. The molecule has 0 fully saturated rings. The molecule has 0 atom stereocenters. The fourth-order valence-corrected chi connectivity index (χ4v) is 2.65. The van der Waals surface area contributed by atoms with Crippen molar-refractivity contribution < 1.29 is 0 Å². The Kier molecular flexibility index (Phi) is 4.05. The van der Waals surface area contributed by atoms with Gasteiger partial charge in [-0.05, 0) is 42.5 Å². The zero-order valence-corrected chi connectivity index (χ0v) is 12.3. The van der Waals surface area contributed by atoms with E-state index in [-0.39, 0.29) is 0 Å². The van der Waals surface area contributed by atoms with Gasteiger partial charge in [-0.2, -0.15) is 5.10 Å². The van der Waals surface area contributed by atoms with Crippen LogP contribution in [-0.2, 0) is 26.4 Å². The Bertz CT molecular complexity index is 582. The Morgan fingerprint density at radius 1 is 1.21 bits per heavy atom. The van der Waals surface area contributed by atoms with Gasteiger partial charge >= 0.3 is 0 Å². The Morgan fingerprint density at radius 3 is 2.53 bits per heavy atom. The lowest BCUT2D eigenvalue weighted by Gasteiger charge is -2.10. The van der Waals surface area contributed by atoms with Gasteiger partial charge in [-0.3, -0.25) is 4.68 Å². The predicted octanol–water partition coefficient (Wildman–Crippen LogP) is 2.98. The molecular formula is C16H23N3. The molecule has 0 bridgehead atoms. The molecule has 0 radical (unpaired) electrons. The number of hydrogen-bond acceptors (Lipinski definition) is 2. The molecule has 3 nitrogen and oxygen atoms in total. The van der Waals surface area contributed by atoms with Crippen molar-refractivity contribution >= 4 is 0 Å². The molecule has 1 aromatic carbocycles. The zero-order chi connectivity index (χ0) is 14.0. The number of nitrogens with two attached hydrogens (primary N) is 1. The molecule has 0 aliphatic carbocycles. The first-order valence-electron chi connectivity index (χ1n) is 6.97. The second-order valence-corrected chi connectivity index (χ2v) is 4.95. The van der Waals surface area contributed by atoms with Gasteiger partial charge in [0.05, 0.1) is 5.69 Å². The minimum atomic E-state index is 0.580. The number of aromatic nitrogens is 2. The summed E-state index contributed by atoms with van der Waals surface area (Å²) in [7, 11) is 2.03. The van der Waals surface area contributed by atoms with E-state index in [2.05, 4.69) is 44.1 Å². The highest BCUT2D eigenvalue weighted by molar-refractivity contribution is 5.72. The fraction of sp³-hybridized carbons (Fsp3) is 0.438. The molecule has 19 heavy (non-hydrogen) atoms. The van der Waals surface area contributed by atoms with E-state index in [1.54, 1.807) is 0 Å². The van der Waals surface area contributed by atoms with E-state index in [4.69, 9.17) is 5.73 Å². The monoisotopic (exact) mass is 257 g/mol. The summed E-state index contributed by atoms with van der Waals surface area (Å²) >= 11 is 0. The molecular weight excluding hydrogens is 234 g/mol. The molecule has 1 aromatic heterocycles. The first kappa shape index (κ1) is 13.8. The third-order valence-corrected chi connectivity index (χ3v) is 3.72. The molecule has 1 heterocycles. The third-order valence-electron chi connectivity index (χ3n) is 3.72. The SMILES string of the molecule is CCc1nn(C)c(CC)c1-c1cc(CN)ccc1C. The normalized spacial score (nSPS) is 11.0. The van der Waals surface area contributed by atoms with Gasteiger partial charge in [0.15, 0.2) is 0 Å². The van der Waals surface area contributed by atoms with Crippen LogP contribution in [0.15, 0.2) is 18.2 Å². The highest BCUT2D eigenvalue weighted by Crippen LogP contribution is 2.31. The minimum absolute atomic E-state index is 0.580. The van der Waals surface area contributed by atoms with Crippen LogP contribution in [0.2, 0.25) is 0 Å². The second-order valence-electron chi connectivity index (χ2n) is 4.95. The summed E-state index contributed by atoms with van der Waals surface area (Å²) < 4.78 is 2.02. The van der Waals surface area contributed by atoms with E-state index in [0.29, 0.717) is 6.54 Å². The molecule has 0 saturated carbocycles. The zero-order valence-electron chi connectivity index (χ0n) is 12.3. The first-order chi connectivity index (χ1) is 9.12. The largest absolute Gasteiger partial charge is 0.326 e. The maximum Gasteiger partial charge on any atom is 0.0703 e. The average molecular weight is 257 g/mol. The summed E-state index contributed by atoms with van der Waals surface area (Å²) in [5.41, 5.74) is 13.3. The smallest absolute Gasteiger partial charge is 0.0703 e. The highest BCUT2D eigenvalue weighted by atomic mass is 15.3. The Hall–Kier alpha value is -1.61. The van der Waals surface area contributed by atoms with Gasteiger partial charge in [0.25, 0.3) is 0 Å². The van der Waals surface area contributed by atoms with E-state index in [9.17, 15) is 0 Å². The molecule has 0 saturated heterocycles. The van der Waals surface area contributed by atoms with Crippen LogP contribution in [-0.4, -0.2) is 9.78 Å². The molecule has 0 spiro atoms. The van der Waals surface area contributed by atoms with Gasteiger partial charge in [0.1, 0.15) is 0 Å². The van der Waals surface area contributed by atoms with Gasteiger partial charge in [-0.25, -0.2) is 0 Å². The van der Waals surface area contributed by atoms with Gasteiger partial charge in [-0.15, -0.1) is 0 Å². The molecule has 2 rings (SSSR count). The van der Waals surface area contributed by atoms with Gasteiger partial charge in [0.2, 0.25) is 0 Å². The molecule has 0 aliphatic heterocycles. The summed E-state index contributed by atoms with van der Waals surface area (Å²) in [6, 6.07) is 6.47. The standard InChI is InChI=1S/C16H23N3/c1-5-14-16(15(6-2)19(4)18-14)13-9-12(10-17)8-7-11(13)3/h7-9H,5-6,10,17H2,1-4H3. The predicted molar refractivity (Wildman–Crippen MR) is 80.0 cm³/mol. The van der Waals surface area contributed by atoms with E-state index >= 15 is 0 Å². The third kappa shape index (κ3) is 2.43. The van der Waals surface area contributed by atoms with Crippen molar-refractivity contribution in [1.82, 2.24) is 9.78 Å². The van der Waals surface area contributed by atoms with Gasteiger partial charge in [0, 0.05) is 24.8 Å². The lowest BCUT2D eigenvalue weighted by atomic mass is 9.94. The lowest BCUT2D eigenvalue weighted by molar-refractivity contribution is 0.705. The summed E-state index contributed by atoms with van der Waals surface area (Å²) in [4.78, 5) is 0. The average Bonchev–Trinajstić information content (AvgIpc) is 2.75. The van der Waals surface area contributed by atoms with Crippen molar-refractivity contribution in [3.8, 4) is 11.1 Å². The minimum Gasteiger partial charge on any atom is -0.326 e. The van der Waals surface area contributed by atoms with Gasteiger partial charge < -0.3 is 5.73 Å². The number of aryl methyl sites for hydroxylation is 3. The number of hydrogen-bond donors (Lipinski definition) is 1. The van der Waals surface area contributed by atoms with Crippen molar-refractivity contribution in [2.24, 2.45) is 12.8 Å². The molecule has 2 aromatic rings. The molecule has 3 heteroatoms. The quantitative estimate of drug-likeness (QED) is 0.915. The number of rotatable bonds is 4. The number of nitrogens with zero attached hydrogens (tertiary/aromatic N) is 2. The topological polar surface area (TPSA) is 43.8 Å². The van der Waals surface area contributed by atoms with E-state index in [0.717, 1.165) is 12.8 Å². The Balaban J connectivity index is 2.69. The van der Waals surface area contributed by atoms with E-state index < -0.39 is 0 Å². The molecule has 0 unspecified atom stereocenters. The first-order valence-corrected chi connectivity index (χ1v) is 6.97. The Labute approximate surface area is 115 Å². The van der Waals surface area contributed by atoms with E-state index in [1.165, 1.54) is 33.6 Å². The summed E-state index contributed by atoms with van der Waals surface area (Å²) in [6.45, 7) is 7.08. The maximum absolute atomic E-state index is 5.77. The van der Waals surface area contributed by atoms with Crippen LogP contribution < -0.4 is 5.73 Å². The number of benzene rings is 1. The van der Waals surface area contributed by atoms with Crippen LogP contribution in [0, 0.1) is 6.92 Å². The van der Waals surface area contributed by atoms with Crippen LogP contribution in [0.5, 0.6) is 0 Å². The summed E-state index contributed by atoms with van der Waals surface area (Å²) in [6.07, 6.45) is 1.95. The van der Waals surface area contributed by atoms with Crippen LogP contribution in [0.3, 0.4) is 0 Å². The van der Waals surface area contributed by atoms with E-state index in [1.807, 2.05) is 11.7 Å². The fourth-order valence-electron chi connectivity index (χ4n) is 2.65. The molecule has 2 N–H and O–H groups in total. The molecule has 102 valence electrons. The Morgan fingerprint density at radius 2 is 1.95 bits per heavy atom. The van der Waals surface area contributed by atoms with Crippen molar-refractivity contribution in [2.45, 2.75) is 40.2 Å². The van der Waals surface area contributed by atoms with Crippen LogP contribution in [0.1, 0.15) is 36.4 Å².